The van der Waals surface area contributed by atoms with Crippen LogP contribution in [-0.2, 0) is 4.79 Å². The number of nitrogens with two attached hydrogens (primary N) is 1. The maximum Gasteiger partial charge on any atom is 0.228 e. The zero-order chi connectivity index (χ0) is 12.8. The smallest absolute Gasteiger partial charge is 0.228 e. The standard InChI is InChI=1S/C14H19BrN2O/c15-11-2-1-5-14(8-11,13(16)18)12-9-17-6-3-10(12)4-7-17/h1-2,5,10,12H,3-4,6-9H2,(H2,16,18)/t12?,14-/m0/s1. The highest BCUT2D eigenvalue weighted by molar-refractivity contribution is 9.11. The molecule has 0 aromatic carbocycles. The molecule has 3 heterocycles. The van der Waals surface area contributed by atoms with Gasteiger partial charge in [-0.3, -0.25) is 4.79 Å². The van der Waals surface area contributed by atoms with Crippen LogP contribution >= 0.6 is 15.9 Å². The number of rotatable bonds is 2. The summed E-state index contributed by atoms with van der Waals surface area (Å²) in [6.07, 6.45) is 9.21. The van der Waals surface area contributed by atoms with Crippen molar-refractivity contribution in [3.05, 3.63) is 22.7 Å². The van der Waals surface area contributed by atoms with Gasteiger partial charge in [-0.05, 0) is 48.7 Å². The molecule has 4 aliphatic rings. The Morgan fingerprint density at radius 3 is 2.67 bits per heavy atom. The summed E-state index contributed by atoms with van der Waals surface area (Å²) in [5.41, 5.74) is 5.30. The minimum Gasteiger partial charge on any atom is -0.369 e. The van der Waals surface area contributed by atoms with Gasteiger partial charge in [0.25, 0.3) is 0 Å². The van der Waals surface area contributed by atoms with Crippen LogP contribution in [0.2, 0.25) is 0 Å². The van der Waals surface area contributed by atoms with Crippen LogP contribution in [-0.4, -0.2) is 30.4 Å². The summed E-state index contributed by atoms with van der Waals surface area (Å²) in [5, 5.41) is 0. The van der Waals surface area contributed by atoms with E-state index >= 15 is 0 Å². The lowest BCUT2D eigenvalue weighted by Crippen LogP contribution is -2.56. The highest BCUT2D eigenvalue weighted by Gasteiger charge is 2.50. The van der Waals surface area contributed by atoms with Gasteiger partial charge in [-0.15, -0.1) is 0 Å². The predicted molar refractivity (Wildman–Crippen MR) is 75.0 cm³/mol. The minimum atomic E-state index is -0.475. The molecule has 3 saturated heterocycles. The van der Waals surface area contributed by atoms with Gasteiger partial charge in [0.1, 0.15) is 0 Å². The second-order valence-electron chi connectivity index (χ2n) is 5.80. The molecule has 0 aromatic heterocycles. The summed E-state index contributed by atoms with van der Waals surface area (Å²) in [7, 11) is 0. The van der Waals surface area contributed by atoms with Crippen LogP contribution in [0, 0.1) is 17.3 Å². The molecule has 0 spiro atoms. The fourth-order valence-electron chi connectivity index (χ4n) is 3.88. The lowest BCUT2D eigenvalue weighted by Gasteiger charge is -2.51. The molecule has 4 rings (SSSR count). The van der Waals surface area contributed by atoms with Crippen molar-refractivity contribution < 1.29 is 4.79 Å². The third kappa shape index (κ3) is 1.86. The minimum absolute atomic E-state index is 0.164. The Kier molecular flexibility index (Phi) is 3.10. The van der Waals surface area contributed by atoms with Gasteiger partial charge in [0.05, 0.1) is 5.41 Å². The second kappa shape index (κ2) is 4.49. The molecular weight excluding hydrogens is 292 g/mol. The number of carbonyl (C=O) groups excluding carboxylic acids is 1. The normalized spacial score (nSPS) is 42.7. The average molecular weight is 311 g/mol. The van der Waals surface area contributed by atoms with Crippen LogP contribution in [0.5, 0.6) is 0 Å². The summed E-state index contributed by atoms with van der Waals surface area (Å²) in [5.74, 6) is 0.878. The molecule has 0 saturated carbocycles. The topological polar surface area (TPSA) is 46.3 Å². The first-order chi connectivity index (χ1) is 8.62. The summed E-state index contributed by atoms with van der Waals surface area (Å²) in [4.78, 5) is 14.6. The molecular formula is C14H19BrN2O. The number of piperidine rings is 3. The number of hydrogen-bond acceptors (Lipinski definition) is 2. The van der Waals surface area contributed by atoms with E-state index < -0.39 is 5.41 Å². The van der Waals surface area contributed by atoms with Gasteiger partial charge in [0.2, 0.25) is 5.91 Å². The van der Waals surface area contributed by atoms with Gasteiger partial charge in [-0.25, -0.2) is 0 Å². The monoisotopic (exact) mass is 310 g/mol. The van der Waals surface area contributed by atoms with E-state index in [1.165, 1.54) is 25.9 Å². The van der Waals surface area contributed by atoms with Crippen LogP contribution < -0.4 is 5.73 Å². The van der Waals surface area contributed by atoms with Crippen molar-refractivity contribution in [2.45, 2.75) is 19.3 Å². The van der Waals surface area contributed by atoms with Gasteiger partial charge in [-0.1, -0.05) is 34.2 Å². The lowest BCUT2D eigenvalue weighted by atomic mass is 9.61. The van der Waals surface area contributed by atoms with E-state index in [1.54, 1.807) is 0 Å². The largest absolute Gasteiger partial charge is 0.369 e. The molecule has 18 heavy (non-hydrogen) atoms. The Balaban J connectivity index is 1.93. The molecule has 3 nitrogen and oxygen atoms in total. The summed E-state index contributed by atoms with van der Waals surface area (Å²) in [6, 6.07) is 0. The highest BCUT2D eigenvalue weighted by Crippen LogP contribution is 2.49. The Bertz CT molecular complexity index is 424. The van der Waals surface area contributed by atoms with Gasteiger partial charge < -0.3 is 10.6 Å². The van der Waals surface area contributed by atoms with Gasteiger partial charge >= 0.3 is 0 Å². The zero-order valence-electron chi connectivity index (χ0n) is 10.4. The van der Waals surface area contributed by atoms with Crippen molar-refractivity contribution in [2.24, 2.45) is 23.0 Å². The Morgan fingerprint density at radius 1 is 1.44 bits per heavy atom. The third-order valence-corrected chi connectivity index (χ3v) is 5.45. The Hall–Kier alpha value is -0.610. The maximum absolute atomic E-state index is 12.1. The second-order valence-corrected chi connectivity index (χ2v) is 6.82. The molecule has 0 radical (unpaired) electrons. The van der Waals surface area contributed by atoms with E-state index in [1.807, 2.05) is 18.2 Å². The molecule has 2 bridgehead atoms. The zero-order valence-corrected chi connectivity index (χ0v) is 12.0. The molecule has 2 N–H and O–H groups in total. The molecule has 3 aliphatic heterocycles. The number of halogens is 1. The van der Waals surface area contributed by atoms with E-state index in [-0.39, 0.29) is 5.91 Å². The highest BCUT2D eigenvalue weighted by atomic mass is 79.9. The molecule has 3 fully saturated rings. The van der Waals surface area contributed by atoms with E-state index in [2.05, 4.69) is 20.8 Å². The van der Waals surface area contributed by atoms with Crippen LogP contribution in [0.3, 0.4) is 0 Å². The van der Waals surface area contributed by atoms with E-state index in [4.69, 9.17) is 5.73 Å². The average Bonchev–Trinajstić information content (AvgIpc) is 2.39. The fraction of sp³-hybridized carbons (Fsp3) is 0.643. The van der Waals surface area contributed by atoms with Crippen LogP contribution in [0.15, 0.2) is 22.7 Å². The molecule has 1 aliphatic carbocycles. The number of hydrogen-bond donors (Lipinski definition) is 1. The third-order valence-electron chi connectivity index (χ3n) is 4.91. The maximum atomic E-state index is 12.1. The molecule has 2 atom stereocenters. The lowest BCUT2D eigenvalue weighted by molar-refractivity contribution is -0.132. The van der Waals surface area contributed by atoms with E-state index in [0.29, 0.717) is 11.8 Å². The molecule has 0 aromatic rings. The Labute approximate surface area is 116 Å². The van der Waals surface area contributed by atoms with Crippen molar-refractivity contribution in [3.63, 3.8) is 0 Å². The first-order valence-corrected chi connectivity index (χ1v) is 7.47. The van der Waals surface area contributed by atoms with Crippen molar-refractivity contribution in [2.75, 3.05) is 19.6 Å². The molecule has 4 heteroatoms. The first kappa shape index (κ1) is 12.4. The van der Waals surface area contributed by atoms with Crippen LogP contribution in [0.4, 0.5) is 0 Å². The molecule has 1 unspecified atom stereocenters. The SMILES string of the molecule is NC(=O)[C@@]1(C2CN3CCC2CC3)C=CC=C(Br)C1. The fourth-order valence-corrected chi connectivity index (χ4v) is 4.49. The quantitative estimate of drug-likeness (QED) is 0.848. The van der Waals surface area contributed by atoms with Crippen molar-refractivity contribution >= 4 is 21.8 Å². The summed E-state index contributed by atoms with van der Waals surface area (Å²) in [6.45, 7) is 3.41. The number of nitrogens with zero attached hydrogens (tertiary/aromatic N) is 1. The van der Waals surface area contributed by atoms with Crippen LogP contribution in [0.1, 0.15) is 19.3 Å². The van der Waals surface area contributed by atoms with Gasteiger partial charge in [0, 0.05) is 6.54 Å². The van der Waals surface area contributed by atoms with Crippen molar-refractivity contribution in [1.29, 1.82) is 0 Å². The predicted octanol–water partition coefficient (Wildman–Crippen LogP) is 2.04. The van der Waals surface area contributed by atoms with Crippen LogP contribution in [0.25, 0.3) is 0 Å². The number of primary amides is 1. The first-order valence-electron chi connectivity index (χ1n) is 6.68. The summed E-state index contributed by atoms with van der Waals surface area (Å²) < 4.78 is 1.08. The number of fused-ring (bicyclic) bond motifs is 3. The number of allylic oxidation sites excluding steroid dienone is 3. The Morgan fingerprint density at radius 2 is 2.17 bits per heavy atom. The number of amides is 1. The van der Waals surface area contributed by atoms with E-state index in [9.17, 15) is 4.79 Å². The van der Waals surface area contributed by atoms with E-state index in [0.717, 1.165) is 17.4 Å². The van der Waals surface area contributed by atoms with Crippen molar-refractivity contribution in [3.8, 4) is 0 Å². The molecule has 98 valence electrons. The molecule has 1 amide bonds. The number of carbonyl (C=O) groups is 1. The summed E-state index contributed by atoms with van der Waals surface area (Å²) >= 11 is 3.54. The van der Waals surface area contributed by atoms with Crippen molar-refractivity contribution in [1.82, 2.24) is 4.90 Å². The van der Waals surface area contributed by atoms with Gasteiger partial charge in [0.15, 0.2) is 0 Å². The van der Waals surface area contributed by atoms with Gasteiger partial charge in [-0.2, -0.15) is 0 Å².